The van der Waals surface area contributed by atoms with Gasteiger partial charge in [0, 0.05) is 31.2 Å². The fraction of sp³-hybridized carbons (Fsp3) is 0.409. The molecule has 2 aliphatic rings. The lowest BCUT2D eigenvalue weighted by Crippen LogP contribution is -2.71. The van der Waals surface area contributed by atoms with Crippen molar-refractivity contribution in [3.63, 3.8) is 0 Å². The Morgan fingerprint density at radius 1 is 1.34 bits per heavy atom. The number of nitrogens with two attached hydrogens (primary N) is 1. The number of nitrogens with one attached hydrogen (secondary N) is 1. The molecule has 0 saturated carbocycles. The molecule has 0 bridgehead atoms. The van der Waals surface area contributed by atoms with Gasteiger partial charge in [-0.15, -0.1) is 16.9 Å². The van der Waals surface area contributed by atoms with Crippen LogP contribution in [0.4, 0.5) is 13.2 Å². The number of methoxy groups -OCH3 is 1. The van der Waals surface area contributed by atoms with Gasteiger partial charge in [-0.3, -0.25) is 14.5 Å². The summed E-state index contributed by atoms with van der Waals surface area (Å²) in [6.45, 7) is -0.254. The number of ether oxygens (including phenoxy) is 2. The van der Waals surface area contributed by atoms with Crippen molar-refractivity contribution >= 4 is 47.3 Å². The number of tetrazole rings is 1. The lowest BCUT2D eigenvalue weighted by molar-refractivity contribution is -0.189. The molecule has 3 unspecified atom stereocenters. The summed E-state index contributed by atoms with van der Waals surface area (Å²) in [6.07, 6.45) is -5.22. The van der Waals surface area contributed by atoms with Gasteiger partial charge in [-0.05, 0) is 33.7 Å². The second kappa shape index (κ2) is 12.0. The molecule has 2 amide bonds. The van der Waals surface area contributed by atoms with Gasteiger partial charge in [0.05, 0.1) is 6.61 Å². The van der Waals surface area contributed by atoms with E-state index in [0.717, 1.165) is 11.0 Å². The van der Waals surface area contributed by atoms with E-state index in [9.17, 15) is 37.5 Å². The van der Waals surface area contributed by atoms with Gasteiger partial charge in [0.25, 0.3) is 5.91 Å². The topological polar surface area (TPSA) is 192 Å². The van der Waals surface area contributed by atoms with E-state index in [1.807, 2.05) is 0 Å². The zero-order valence-electron chi connectivity index (χ0n) is 21.2. The third kappa shape index (κ3) is 6.31. The molecule has 2 aliphatic heterocycles. The second-order valence-corrected chi connectivity index (χ2v) is 10.7. The number of carbonyl (C=O) groups is 4. The summed E-state index contributed by atoms with van der Waals surface area (Å²) in [5.41, 5.74) is 6.54. The molecule has 4 N–H and O–H groups in total. The number of carbonyl (C=O) groups excluding carboxylic acids is 3. The van der Waals surface area contributed by atoms with Crippen molar-refractivity contribution in [2.24, 2.45) is 12.8 Å². The van der Waals surface area contributed by atoms with E-state index >= 15 is 0 Å². The number of nitrogens with zero attached hydrogens (tertiary/aromatic N) is 5. The standard InChI is InChI=1S/C22H22F3N7O7S2/c1-31-21(28-29-30-31)41-8-11-7-40-18-14(17(34)32(18)15(11)19(35)36)27-16(33)13(26)9-3-4-12(10(5-9)6-38-2)39-20(37)22(23,24)25/h3-5,13-14,18H,6-8,26H2,1-2H3,(H,27,33)(H,35,36). The van der Waals surface area contributed by atoms with Crippen molar-refractivity contribution in [2.75, 3.05) is 18.6 Å². The van der Waals surface area contributed by atoms with Crippen LogP contribution in [0.15, 0.2) is 34.6 Å². The molecule has 220 valence electrons. The van der Waals surface area contributed by atoms with Crippen molar-refractivity contribution < 1.29 is 46.9 Å². The number of fused-ring (bicyclic) bond motifs is 1. The summed E-state index contributed by atoms with van der Waals surface area (Å²) in [4.78, 5) is 50.3. The quantitative estimate of drug-likeness (QED) is 0.143. The van der Waals surface area contributed by atoms with Crippen LogP contribution in [-0.4, -0.2) is 90.2 Å². The molecule has 1 aromatic carbocycles. The number of benzene rings is 1. The molecule has 3 heterocycles. The zero-order chi connectivity index (χ0) is 30.1. The van der Waals surface area contributed by atoms with Crippen molar-refractivity contribution in [3.8, 4) is 5.75 Å². The van der Waals surface area contributed by atoms with Gasteiger partial charge in [-0.25, -0.2) is 14.3 Å². The molecule has 1 fully saturated rings. The molecule has 1 saturated heterocycles. The third-order valence-corrected chi connectivity index (χ3v) is 8.40. The van der Waals surface area contributed by atoms with Crippen molar-refractivity contribution in [1.82, 2.24) is 30.4 Å². The number of aromatic nitrogens is 4. The number of carboxylic acids is 1. The fourth-order valence-corrected chi connectivity index (χ4v) is 6.34. The predicted molar refractivity (Wildman–Crippen MR) is 135 cm³/mol. The largest absolute Gasteiger partial charge is 0.491 e. The Balaban J connectivity index is 1.45. The van der Waals surface area contributed by atoms with Gasteiger partial charge >= 0.3 is 18.1 Å². The number of alkyl halides is 3. The van der Waals surface area contributed by atoms with E-state index in [0.29, 0.717) is 10.7 Å². The highest BCUT2D eigenvalue weighted by molar-refractivity contribution is 8.01. The first-order valence-corrected chi connectivity index (χ1v) is 13.6. The molecule has 0 radical (unpaired) electrons. The maximum Gasteiger partial charge on any atom is 0.491 e. The molecule has 3 atom stereocenters. The molecule has 0 aliphatic carbocycles. The minimum absolute atomic E-state index is 0.0262. The SMILES string of the molecule is COCc1cc(C(N)C(=O)NC2C(=O)N3C(C(=O)O)=C(CSc4nnnn4C)CSC23)ccc1OC(=O)C(F)(F)F. The van der Waals surface area contributed by atoms with Crippen LogP contribution in [0.5, 0.6) is 5.75 Å². The molecule has 41 heavy (non-hydrogen) atoms. The number of esters is 1. The Bertz CT molecular complexity index is 1420. The first kappa shape index (κ1) is 30.3. The molecular weight excluding hydrogens is 595 g/mol. The highest BCUT2D eigenvalue weighted by Crippen LogP contribution is 2.41. The summed E-state index contributed by atoms with van der Waals surface area (Å²) in [5.74, 6) is -5.09. The van der Waals surface area contributed by atoms with Crippen LogP contribution in [0.1, 0.15) is 17.2 Å². The monoisotopic (exact) mass is 617 g/mol. The summed E-state index contributed by atoms with van der Waals surface area (Å²) in [6, 6.07) is 1.08. The van der Waals surface area contributed by atoms with E-state index in [1.165, 1.54) is 47.4 Å². The fourth-order valence-electron chi connectivity index (χ4n) is 4.00. The Morgan fingerprint density at radius 3 is 2.68 bits per heavy atom. The van der Waals surface area contributed by atoms with Gasteiger partial charge in [0.15, 0.2) is 0 Å². The first-order chi connectivity index (χ1) is 19.3. The summed E-state index contributed by atoms with van der Waals surface area (Å²) >= 11 is 2.47. The van der Waals surface area contributed by atoms with Crippen LogP contribution in [0.2, 0.25) is 0 Å². The number of hydrogen-bond acceptors (Lipinski definition) is 12. The zero-order valence-corrected chi connectivity index (χ0v) is 22.9. The molecule has 1 aromatic heterocycles. The van der Waals surface area contributed by atoms with Crippen LogP contribution in [0, 0.1) is 0 Å². The number of aryl methyl sites for hydroxylation is 1. The second-order valence-electron chi connectivity index (χ2n) is 8.69. The minimum Gasteiger partial charge on any atom is -0.477 e. The highest BCUT2D eigenvalue weighted by Gasteiger charge is 2.54. The molecular formula is C22H22F3N7O7S2. The number of thioether (sulfide) groups is 2. The van der Waals surface area contributed by atoms with Crippen molar-refractivity contribution in [3.05, 3.63) is 40.6 Å². The van der Waals surface area contributed by atoms with Gasteiger partial charge in [-0.2, -0.15) is 13.2 Å². The summed E-state index contributed by atoms with van der Waals surface area (Å²) in [7, 11) is 2.90. The van der Waals surface area contributed by atoms with Gasteiger partial charge in [0.1, 0.15) is 28.9 Å². The van der Waals surface area contributed by atoms with Crippen molar-refractivity contribution in [1.29, 1.82) is 0 Å². The molecule has 4 rings (SSSR count). The Morgan fingerprint density at radius 2 is 2.07 bits per heavy atom. The minimum atomic E-state index is -5.22. The van der Waals surface area contributed by atoms with Crippen LogP contribution < -0.4 is 15.8 Å². The number of amides is 2. The van der Waals surface area contributed by atoms with E-state index in [4.69, 9.17) is 10.5 Å². The Kier molecular flexibility index (Phi) is 8.90. The van der Waals surface area contributed by atoms with Crippen LogP contribution in [0.25, 0.3) is 0 Å². The molecule has 14 nitrogen and oxygen atoms in total. The smallest absolute Gasteiger partial charge is 0.477 e. The van der Waals surface area contributed by atoms with E-state index in [-0.39, 0.29) is 34.9 Å². The van der Waals surface area contributed by atoms with Gasteiger partial charge < -0.3 is 25.6 Å². The van der Waals surface area contributed by atoms with E-state index in [1.54, 1.807) is 7.05 Å². The van der Waals surface area contributed by atoms with Crippen LogP contribution in [-0.2, 0) is 37.6 Å². The number of carboxylic acid groups (broad SMARTS) is 1. The van der Waals surface area contributed by atoms with Crippen molar-refractivity contribution in [2.45, 2.75) is 35.4 Å². The number of halogens is 3. The normalized spacial score (nSPS) is 19.4. The van der Waals surface area contributed by atoms with Crippen LogP contribution in [0.3, 0.4) is 0 Å². The number of hydrogen-bond donors (Lipinski definition) is 3. The summed E-state index contributed by atoms with van der Waals surface area (Å²) < 4.78 is 48.6. The Hall–Kier alpha value is -3.68. The maximum atomic E-state index is 13.0. The van der Waals surface area contributed by atoms with Gasteiger partial charge in [-0.1, -0.05) is 17.8 Å². The highest BCUT2D eigenvalue weighted by atomic mass is 32.2. The summed E-state index contributed by atoms with van der Waals surface area (Å²) in [5, 5.41) is 23.2. The predicted octanol–water partition coefficient (Wildman–Crippen LogP) is 0.355. The Labute approximate surface area is 237 Å². The first-order valence-electron chi connectivity index (χ1n) is 11.5. The number of β-lactam (4-membered cyclic amide) rings is 1. The molecule has 19 heteroatoms. The maximum absolute atomic E-state index is 13.0. The lowest BCUT2D eigenvalue weighted by atomic mass is 10.0. The third-order valence-electron chi connectivity index (χ3n) is 5.96. The molecule has 2 aromatic rings. The van der Waals surface area contributed by atoms with Gasteiger partial charge in [0.2, 0.25) is 11.1 Å². The van der Waals surface area contributed by atoms with Crippen LogP contribution >= 0.6 is 23.5 Å². The van der Waals surface area contributed by atoms with E-state index < -0.39 is 53.1 Å². The average Bonchev–Trinajstić information content (AvgIpc) is 3.34. The lowest BCUT2D eigenvalue weighted by Gasteiger charge is -2.49. The van der Waals surface area contributed by atoms with E-state index in [2.05, 4.69) is 25.6 Å². The average molecular weight is 618 g/mol. The molecule has 0 spiro atoms. The number of aliphatic carboxylic acids is 1. The number of rotatable bonds is 10.